The molecule has 0 aliphatic heterocycles. The van der Waals surface area contributed by atoms with Crippen LogP contribution < -0.4 is 0 Å². The second-order valence-electron chi connectivity index (χ2n) is 4.84. The van der Waals surface area contributed by atoms with Crippen molar-refractivity contribution in [2.45, 2.75) is 19.4 Å². The Bertz CT molecular complexity index is 593. The van der Waals surface area contributed by atoms with E-state index < -0.39 is 0 Å². The van der Waals surface area contributed by atoms with Gasteiger partial charge in [0.2, 0.25) is 0 Å². The molecule has 1 heterocycles. The molecule has 5 nitrogen and oxygen atoms in total. The normalized spacial score (nSPS) is 11.9. The Labute approximate surface area is 124 Å². The highest BCUT2D eigenvalue weighted by Crippen LogP contribution is 2.13. The van der Waals surface area contributed by atoms with Gasteiger partial charge in [0, 0.05) is 12.6 Å². The molecule has 0 saturated heterocycles. The molecule has 1 aromatic carbocycles. The van der Waals surface area contributed by atoms with Gasteiger partial charge in [0.05, 0.1) is 25.3 Å². The molecule has 0 saturated carbocycles. The maximum Gasteiger partial charge on any atom is 0.309 e. The highest BCUT2D eigenvalue weighted by Gasteiger charge is 2.19. The van der Waals surface area contributed by atoms with Gasteiger partial charge in [0.25, 0.3) is 0 Å². The quantitative estimate of drug-likeness (QED) is 0.578. The van der Waals surface area contributed by atoms with Crippen molar-refractivity contribution in [3.05, 3.63) is 60.4 Å². The van der Waals surface area contributed by atoms with Crippen molar-refractivity contribution in [1.29, 1.82) is 0 Å². The summed E-state index contributed by atoms with van der Waals surface area (Å²) >= 11 is 0. The molecule has 0 aliphatic rings. The zero-order chi connectivity index (χ0) is 15.1. The largest absolute Gasteiger partial charge is 0.469 e. The van der Waals surface area contributed by atoms with E-state index in [1.165, 1.54) is 7.11 Å². The summed E-state index contributed by atoms with van der Waals surface area (Å²) in [5, 5.41) is 8.22. The van der Waals surface area contributed by atoms with Crippen molar-refractivity contribution in [2.75, 3.05) is 7.11 Å². The van der Waals surface area contributed by atoms with Gasteiger partial charge in [-0.15, -0.1) is 11.7 Å². The van der Waals surface area contributed by atoms with Crippen LogP contribution in [-0.2, 0) is 22.5 Å². The molecule has 0 N–H and O–H groups in total. The highest BCUT2D eigenvalue weighted by molar-refractivity contribution is 5.72. The molecule has 0 radical (unpaired) electrons. The van der Waals surface area contributed by atoms with E-state index in [9.17, 15) is 4.79 Å². The number of methoxy groups -OCH3 is 1. The van der Waals surface area contributed by atoms with Crippen molar-refractivity contribution < 1.29 is 9.53 Å². The van der Waals surface area contributed by atoms with Crippen LogP contribution in [0.2, 0.25) is 0 Å². The molecule has 1 unspecified atom stereocenters. The monoisotopic (exact) mass is 285 g/mol. The van der Waals surface area contributed by atoms with E-state index in [1.54, 1.807) is 10.8 Å². The van der Waals surface area contributed by atoms with Gasteiger partial charge >= 0.3 is 5.97 Å². The molecule has 2 aromatic rings. The van der Waals surface area contributed by atoms with Gasteiger partial charge < -0.3 is 4.74 Å². The number of hydrogen-bond donors (Lipinski definition) is 0. The minimum atomic E-state index is -0.255. The number of hydrogen-bond acceptors (Lipinski definition) is 4. The molecule has 21 heavy (non-hydrogen) atoms. The molecular formula is C16H19N3O2. The van der Waals surface area contributed by atoms with Crippen molar-refractivity contribution >= 4 is 5.97 Å². The first-order valence-corrected chi connectivity index (χ1v) is 6.84. The average molecular weight is 285 g/mol. The second kappa shape index (κ2) is 7.38. The van der Waals surface area contributed by atoms with E-state index in [4.69, 9.17) is 4.74 Å². The third-order valence-electron chi connectivity index (χ3n) is 3.21. The maximum atomic E-state index is 11.7. The summed E-state index contributed by atoms with van der Waals surface area (Å²) in [4.78, 5) is 11.7. The molecular weight excluding hydrogens is 266 g/mol. The Hall–Kier alpha value is -2.43. The lowest BCUT2D eigenvalue weighted by Crippen LogP contribution is -2.18. The summed E-state index contributed by atoms with van der Waals surface area (Å²) in [5.74, 6) is -0.498. The Morgan fingerprint density at radius 2 is 2.19 bits per heavy atom. The third-order valence-corrected chi connectivity index (χ3v) is 3.21. The number of allylic oxidation sites excluding steroid dienone is 1. The van der Waals surface area contributed by atoms with E-state index >= 15 is 0 Å². The molecule has 0 fully saturated rings. The number of rotatable bonds is 7. The van der Waals surface area contributed by atoms with Crippen LogP contribution in [-0.4, -0.2) is 28.1 Å². The molecule has 110 valence electrons. The number of carbonyl (C=O) groups is 1. The fourth-order valence-corrected chi connectivity index (χ4v) is 2.16. The Morgan fingerprint density at radius 1 is 1.43 bits per heavy atom. The number of esters is 1. The first kappa shape index (κ1) is 15.0. The van der Waals surface area contributed by atoms with Crippen LogP contribution in [0.15, 0.2) is 49.2 Å². The van der Waals surface area contributed by atoms with Gasteiger partial charge in [-0.3, -0.25) is 4.79 Å². The number of carbonyl (C=O) groups excluding carboxylic acids is 1. The van der Waals surface area contributed by atoms with E-state index in [1.807, 2.05) is 36.5 Å². The molecule has 0 spiro atoms. The topological polar surface area (TPSA) is 57.0 Å². The minimum Gasteiger partial charge on any atom is -0.469 e. The fourth-order valence-electron chi connectivity index (χ4n) is 2.16. The van der Waals surface area contributed by atoms with Crippen LogP contribution in [0.5, 0.6) is 0 Å². The Kier molecular flexibility index (Phi) is 5.26. The van der Waals surface area contributed by atoms with Crippen LogP contribution in [0.3, 0.4) is 0 Å². The van der Waals surface area contributed by atoms with Gasteiger partial charge in [-0.25, -0.2) is 4.68 Å². The first-order valence-electron chi connectivity index (χ1n) is 6.84. The molecule has 1 atom stereocenters. The summed E-state index contributed by atoms with van der Waals surface area (Å²) in [7, 11) is 1.39. The highest BCUT2D eigenvalue weighted by atomic mass is 16.5. The zero-order valence-corrected chi connectivity index (χ0v) is 12.1. The van der Waals surface area contributed by atoms with Crippen LogP contribution >= 0.6 is 0 Å². The molecule has 5 heteroatoms. The van der Waals surface area contributed by atoms with E-state index in [-0.39, 0.29) is 11.9 Å². The lowest BCUT2D eigenvalue weighted by Gasteiger charge is -2.10. The molecule has 2 rings (SSSR count). The van der Waals surface area contributed by atoms with Crippen molar-refractivity contribution in [3.8, 4) is 0 Å². The van der Waals surface area contributed by atoms with E-state index in [0.29, 0.717) is 19.4 Å². The van der Waals surface area contributed by atoms with E-state index in [0.717, 1.165) is 11.3 Å². The molecule has 0 bridgehead atoms. The molecule has 1 aromatic heterocycles. The Balaban J connectivity index is 2.01. The third kappa shape index (κ3) is 4.27. The SMILES string of the molecule is C=CCC(Cc1cn(Cc2ccccc2)nn1)C(=O)OC. The van der Waals surface area contributed by atoms with Gasteiger partial charge in [-0.1, -0.05) is 41.6 Å². The van der Waals surface area contributed by atoms with E-state index in [2.05, 4.69) is 16.9 Å². The number of ether oxygens (including phenoxy) is 1. The average Bonchev–Trinajstić information content (AvgIpc) is 2.94. The summed E-state index contributed by atoms with van der Waals surface area (Å²) in [6.45, 7) is 4.34. The lowest BCUT2D eigenvalue weighted by molar-refractivity contribution is -0.145. The standard InChI is InChI=1S/C16H19N3O2/c1-3-7-14(16(20)21-2)10-15-12-19(18-17-15)11-13-8-5-4-6-9-13/h3-6,8-9,12,14H,1,7,10-11H2,2H3. The van der Waals surface area contributed by atoms with Crippen molar-refractivity contribution in [2.24, 2.45) is 5.92 Å². The predicted molar refractivity (Wildman–Crippen MR) is 79.6 cm³/mol. The number of aromatic nitrogens is 3. The van der Waals surface area contributed by atoms with Crippen molar-refractivity contribution in [1.82, 2.24) is 15.0 Å². The minimum absolute atomic E-state index is 0.243. The summed E-state index contributed by atoms with van der Waals surface area (Å²) in [5.41, 5.74) is 1.94. The maximum absolute atomic E-state index is 11.7. The van der Waals surface area contributed by atoms with Gasteiger partial charge in [0.1, 0.15) is 0 Å². The summed E-state index contributed by atoms with van der Waals surface area (Å²) in [6, 6.07) is 10.0. The molecule has 0 amide bonds. The van der Waals surface area contributed by atoms with Crippen molar-refractivity contribution in [3.63, 3.8) is 0 Å². The van der Waals surface area contributed by atoms with Crippen LogP contribution in [0.1, 0.15) is 17.7 Å². The summed E-state index contributed by atoms with van der Waals surface area (Å²) < 4.78 is 6.57. The van der Waals surface area contributed by atoms with Gasteiger partial charge in [-0.2, -0.15) is 0 Å². The van der Waals surface area contributed by atoms with Gasteiger partial charge in [0.15, 0.2) is 0 Å². The predicted octanol–water partition coefficient (Wildman–Crippen LogP) is 2.23. The lowest BCUT2D eigenvalue weighted by atomic mass is 10.00. The van der Waals surface area contributed by atoms with Crippen LogP contribution in [0.25, 0.3) is 0 Å². The second-order valence-corrected chi connectivity index (χ2v) is 4.84. The first-order chi connectivity index (χ1) is 10.2. The molecule has 0 aliphatic carbocycles. The number of nitrogens with zero attached hydrogens (tertiary/aromatic N) is 3. The van der Waals surface area contributed by atoms with Crippen LogP contribution in [0.4, 0.5) is 0 Å². The zero-order valence-electron chi connectivity index (χ0n) is 12.1. The van der Waals surface area contributed by atoms with Gasteiger partial charge in [-0.05, 0) is 12.0 Å². The smallest absolute Gasteiger partial charge is 0.309 e. The summed E-state index contributed by atoms with van der Waals surface area (Å²) in [6.07, 6.45) is 4.66. The Morgan fingerprint density at radius 3 is 2.86 bits per heavy atom. The van der Waals surface area contributed by atoms with Crippen LogP contribution in [0, 0.1) is 5.92 Å². The number of benzene rings is 1. The fraction of sp³-hybridized carbons (Fsp3) is 0.312.